The molecule has 2 aromatic carbocycles. The molecule has 33 heavy (non-hydrogen) atoms. The molecule has 0 saturated heterocycles. The van der Waals surface area contributed by atoms with Crippen LogP contribution in [0.2, 0.25) is 0 Å². The van der Waals surface area contributed by atoms with Gasteiger partial charge in [0.05, 0.1) is 5.52 Å². The number of amides is 1. The van der Waals surface area contributed by atoms with Crippen molar-refractivity contribution in [2.24, 2.45) is 0 Å². The number of nitrogens with zero attached hydrogens (tertiary/aromatic N) is 3. The van der Waals surface area contributed by atoms with Crippen LogP contribution in [-0.2, 0) is 6.54 Å². The van der Waals surface area contributed by atoms with Gasteiger partial charge in [-0.2, -0.15) is 0 Å². The number of aryl methyl sites for hydroxylation is 2. The van der Waals surface area contributed by atoms with Gasteiger partial charge in [-0.15, -0.1) is 0 Å². The van der Waals surface area contributed by atoms with Crippen LogP contribution < -0.4 is 11.1 Å². The Hall–Kier alpha value is -3.67. The molecule has 0 aliphatic heterocycles. The van der Waals surface area contributed by atoms with Gasteiger partial charge in [-0.3, -0.25) is 4.79 Å². The number of benzene rings is 2. The minimum atomic E-state index is -0.0530. The van der Waals surface area contributed by atoms with Crippen LogP contribution in [0.15, 0.2) is 55.0 Å². The van der Waals surface area contributed by atoms with Crippen LogP contribution in [-0.4, -0.2) is 20.4 Å². The van der Waals surface area contributed by atoms with Crippen LogP contribution in [0.1, 0.15) is 64.2 Å². The predicted molar refractivity (Wildman–Crippen MR) is 132 cm³/mol. The first-order valence-electron chi connectivity index (χ1n) is 11.6. The Bertz CT molecular complexity index is 1320. The van der Waals surface area contributed by atoms with Crippen molar-refractivity contribution in [1.82, 2.24) is 19.9 Å². The van der Waals surface area contributed by atoms with Crippen LogP contribution in [0.25, 0.3) is 16.7 Å². The van der Waals surface area contributed by atoms with Crippen molar-refractivity contribution in [3.63, 3.8) is 0 Å². The second kappa shape index (κ2) is 8.70. The average molecular weight is 440 g/mol. The molecule has 6 nitrogen and oxygen atoms in total. The highest BCUT2D eigenvalue weighted by atomic mass is 16.1. The highest BCUT2D eigenvalue weighted by Gasteiger charge is 2.24. The van der Waals surface area contributed by atoms with Gasteiger partial charge in [-0.1, -0.05) is 42.7 Å². The number of aromatic nitrogens is 3. The molecular weight excluding hydrogens is 410 g/mol. The first-order chi connectivity index (χ1) is 16.0. The second-order valence-corrected chi connectivity index (χ2v) is 9.06. The Morgan fingerprint density at radius 2 is 1.85 bits per heavy atom. The maximum absolute atomic E-state index is 12.6. The minimum Gasteiger partial charge on any atom is -0.382 e. The third kappa shape index (κ3) is 4.09. The number of rotatable bonds is 5. The highest BCUT2D eigenvalue weighted by Crippen LogP contribution is 2.39. The summed E-state index contributed by atoms with van der Waals surface area (Å²) in [7, 11) is 0. The van der Waals surface area contributed by atoms with E-state index in [1.807, 2.05) is 44.2 Å². The fourth-order valence-corrected chi connectivity index (χ4v) is 4.88. The second-order valence-electron chi connectivity index (χ2n) is 9.06. The molecule has 6 heteroatoms. The van der Waals surface area contributed by atoms with Crippen LogP contribution in [0, 0.1) is 13.8 Å². The molecule has 2 heterocycles. The summed E-state index contributed by atoms with van der Waals surface area (Å²) in [4.78, 5) is 21.5. The molecule has 0 spiro atoms. The molecule has 2 aromatic heterocycles. The fourth-order valence-electron chi connectivity index (χ4n) is 4.88. The van der Waals surface area contributed by atoms with Crippen molar-refractivity contribution in [2.75, 3.05) is 5.73 Å². The van der Waals surface area contributed by atoms with Gasteiger partial charge in [0.25, 0.3) is 5.91 Å². The largest absolute Gasteiger partial charge is 0.382 e. The van der Waals surface area contributed by atoms with Crippen molar-refractivity contribution in [3.8, 4) is 5.69 Å². The van der Waals surface area contributed by atoms with Gasteiger partial charge in [-0.05, 0) is 67.5 Å². The molecule has 0 bridgehead atoms. The summed E-state index contributed by atoms with van der Waals surface area (Å²) in [5, 5.41) is 3.04. The number of nitrogen functional groups attached to an aromatic ring is 1. The van der Waals surface area contributed by atoms with Crippen molar-refractivity contribution in [1.29, 1.82) is 0 Å². The molecule has 0 atom stereocenters. The van der Waals surface area contributed by atoms with Gasteiger partial charge in [0.1, 0.15) is 11.8 Å². The van der Waals surface area contributed by atoms with E-state index in [1.165, 1.54) is 31.2 Å². The SMILES string of the molecule is Cc1ccc(C)c(C(=O)NCc2ccc(-n3cc(C4CCCC4)c4ncnc(N)c43)cc2)c1. The molecule has 4 aromatic rings. The first-order valence-corrected chi connectivity index (χ1v) is 11.6. The Morgan fingerprint density at radius 1 is 1.09 bits per heavy atom. The van der Waals surface area contributed by atoms with Crippen molar-refractivity contribution < 1.29 is 4.79 Å². The molecule has 1 aliphatic rings. The van der Waals surface area contributed by atoms with E-state index in [0.717, 1.165) is 39.0 Å². The number of nitrogens with one attached hydrogen (secondary N) is 1. The maximum Gasteiger partial charge on any atom is 0.251 e. The van der Waals surface area contributed by atoms with Crippen LogP contribution in [0.4, 0.5) is 5.82 Å². The Labute approximate surface area is 193 Å². The van der Waals surface area contributed by atoms with Crippen molar-refractivity contribution in [2.45, 2.75) is 52.0 Å². The molecule has 1 fully saturated rings. The van der Waals surface area contributed by atoms with E-state index in [-0.39, 0.29) is 5.91 Å². The van der Waals surface area contributed by atoms with Gasteiger partial charge in [0, 0.05) is 24.0 Å². The number of anilines is 1. The van der Waals surface area contributed by atoms with E-state index in [4.69, 9.17) is 5.73 Å². The molecule has 0 radical (unpaired) electrons. The topological polar surface area (TPSA) is 85.8 Å². The highest BCUT2D eigenvalue weighted by molar-refractivity contribution is 5.95. The van der Waals surface area contributed by atoms with Gasteiger partial charge in [0.15, 0.2) is 5.82 Å². The van der Waals surface area contributed by atoms with Crippen molar-refractivity contribution >= 4 is 22.8 Å². The summed E-state index contributed by atoms with van der Waals surface area (Å²) in [5.41, 5.74) is 14.2. The fraction of sp³-hybridized carbons (Fsp3) is 0.296. The summed E-state index contributed by atoms with van der Waals surface area (Å²) < 4.78 is 2.11. The van der Waals surface area contributed by atoms with E-state index in [2.05, 4.69) is 38.2 Å². The molecule has 5 rings (SSSR count). The lowest BCUT2D eigenvalue weighted by molar-refractivity contribution is 0.0950. The maximum atomic E-state index is 12.6. The Kier molecular flexibility index (Phi) is 5.58. The normalized spacial score (nSPS) is 14.1. The molecular formula is C27H29N5O. The van der Waals surface area contributed by atoms with E-state index in [0.29, 0.717) is 18.3 Å². The van der Waals surface area contributed by atoms with Gasteiger partial charge >= 0.3 is 0 Å². The molecule has 0 unspecified atom stereocenters. The number of hydrogen-bond acceptors (Lipinski definition) is 4. The summed E-state index contributed by atoms with van der Waals surface area (Å²) in [6, 6.07) is 14.1. The molecule has 3 N–H and O–H groups in total. The molecule has 1 amide bonds. The number of carbonyl (C=O) groups is 1. The van der Waals surface area contributed by atoms with Crippen LogP contribution in [0.3, 0.4) is 0 Å². The summed E-state index contributed by atoms with van der Waals surface area (Å²) >= 11 is 0. The number of carbonyl (C=O) groups excluding carboxylic acids is 1. The average Bonchev–Trinajstić information content (AvgIpc) is 3.48. The zero-order valence-corrected chi connectivity index (χ0v) is 19.1. The number of nitrogens with two attached hydrogens (primary N) is 1. The number of fused-ring (bicyclic) bond motifs is 1. The standard InChI is InChI=1S/C27H29N5O/c1-17-7-8-18(2)22(13-17)27(33)29-14-19-9-11-21(12-10-19)32-15-23(20-5-3-4-6-20)24-25(32)26(28)31-16-30-24/h7-13,15-16,20H,3-6,14H2,1-2H3,(H,29,33)(H2,28,30,31). The zero-order valence-electron chi connectivity index (χ0n) is 19.1. The van der Waals surface area contributed by atoms with Crippen molar-refractivity contribution in [3.05, 3.63) is 82.8 Å². The third-order valence-electron chi connectivity index (χ3n) is 6.73. The Morgan fingerprint density at radius 3 is 2.61 bits per heavy atom. The smallest absolute Gasteiger partial charge is 0.251 e. The lowest BCUT2D eigenvalue weighted by atomic mass is 10.00. The van der Waals surface area contributed by atoms with Gasteiger partial charge in [0.2, 0.25) is 0 Å². The summed E-state index contributed by atoms with van der Waals surface area (Å²) in [6.45, 7) is 4.42. The van der Waals surface area contributed by atoms with Crippen LogP contribution >= 0.6 is 0 Å². The lowest BCUT2D eigenvalue weighted by Gasteiger charge is -2.10. The van der Waals surface area contributed by atoms with E-state index in [9.17, 15) is 4.79 Å². The van der Waals surface area contributed by atoms with Crippen LogP contribution in [0.5, 0.6) is 0 Å². The Balaban J connectivity index is 1.39. The predicted octanol–water partition coefficient (Wildman–Crippen LogP) is 5.21. The lowest BCUT2D eigenvalue weighted by Crippen LogP contribution is -2.23. The van der Waals surface area contributed by atoms with E-state index >= 15 is 0 Å². The minimum absolute atomic E-state index is 0.0530. The number of hydrogen-bond donors (Lipinski definition) is 2. The monoisotopic (exact) mass is 439 g/mol. The first kappa shape index (κ1) is 21.2. The molecule has 1 saturated carbocycles. The van der Waals surface area contributed by atoms with Gasteiger partial charge in [-0.25, -0.2) is 9.97 Å². The third-order valence-corrected chi connectivity index (χ3v) is 6.73. The molecule has 168 valence electrons. The molecule has 1 aliphatic carbocycles. The van der Waals surface area contributed by atoms with E-state index in [1.54, 1.807) is 6.33 Å². The summed E-state index contributed by atoms with van der Waals surface area (Å²) in [6.07, 6.45) is 8.66. The van der Waals surface area contributed by atoms with Gasteiger partial charge < -0.3 is 15.6 Å². The summed E-state index contributed by atoms with van der Waals surface area (Å²) in [5.74, 6) is 0.972. The zero-order chi connectivity index (χ0) is 22.9. The quantitative estimate of drug-likeness (QED) is 0.447. The van der Waals surface area contributed by atoms with E-state index < -0.39 is 0 Å².